The van der Waals surface area contributed by atoms with E-state index >= 15 is 0 Å². The van der Waals surface area contributed by atoms with Crippen LogP contribution >= 0.6 is 11.8 Å². The van der Waals surface area contributed by atoms with Crippen molar-refractivity contribution in [3.63, 3.8) is 0 Å². The number of carbonyl (C=O) groups is 1. The molecule has 0 spiro atoms. The van der Waals surface area contributed by atoms with Gasteiger partial charge in [-0.05, 0) is 44.0 Å². The number of benzene rings is 2. The van der Waals surface area contributed by atoms with E-state index in [1.807, 2.05) is 37.3 Å². The van der Waals surface area contributed by atoms with Crippen molar-refractivity contribution in [1.29, 1.82) is 0 Å². The summed E-state index contributed by atoms with van der Waals surface area (Å²) in [5, 5.41) is 22.9. The van der Waals surface area contributed by atoms with Crippen molar-refractivity contribution in [3.05, 3.63) is 70.5 Å². The molecule has 0 radical (unpaired) electrons. The lowest BCUT2D eigenvalue weighted by molar-refractivity contribution is -0.384. The van der Waals surface area contributed by atoms with Gasteiger partial charge in [0.25, 0.3) is 5.69 Å². The van der Waals surface area contributed by atoms with E-state index in [2.05, 4.69) is 20.1 Å². The van der Waals surface area contributed by atoms with Gasteiger partial charge in [-0.1, -0.05) is 49.2 Å². The zero-order valence-electron chi connectivity index (χ0n) is 17.8. The van der Waals surface area contributed by atoms with Crippen LogP contribution in [0.15, 0.2) is 59.8 Å². The Labute approximate surface area is 190 Å². The lowest BCUT2D eigenvalue weighted by atomic mass is 9.88. The van der Waals surface area contributed by atoms with Gasteiger partial charge in [0, 0.05) is 29.4 Å². The highest BCUT2D eigenvalue weighted by molar-refractivity contribution is 8.00. The van der Waals surface area contributed by atoms with Crippen molar-refractivity contribution in [3.8, 4) is 5.69 Å². The molecule has 1 heterocycles. The normalized spacial score (nSPS) is 15.3. The lowest BCUT2D eigenvalue weighted by Crippen LogP contribution is -2.23. The molecule has 4 rings (SSSR count). The van der Waals surface area contributed by atoms with Crippen LogP contribution in [0.4, 0.5) is 11.4 Å². The third kappa shape index (κ3) is 4.99. The van der Waals surface area contributed by atoms with Crippen molar-refractivity contribution in [2.24, 2.45) is 0 Å². The van der Waals surface area contributed by atoms with Crippen LogP contribution in [0.1, 0.15) is 50.8 Å². The highest BCUT2D eigenvalue weighted by Gasteiger charge is 2.26. The summed E-state index contributed by atoms with van der Waals surface area (Å²) in [6.45, 7) is 1.82. The second kappa shape index (κ2) is 9.95. The van der Waals surface area contributed by atoms with Crippen LogP contribution < -0.4 is 5.32 Å². The SMILES string of the molecule is CC(Sc1nnc(C2CCCCC2)n1-c1ccccc1)C(=O)Nc1ccc([N+](=O)[O-])cc1. The molecule has 1 atom stereocenters. The summed E-state index contributed by atoms with van der Waals surface area (Å²) in [6.07, 6.45) is 5.86. The largest absolute Gasteiger partial charge is 0.325 e. The van der Waals surface area contributed by atoms with Gasteiger partial charge in [0.1, 0.15) is 5.82 Å². The molecule has 2 aromatic carbocycles. The number of anilines is 1. The summed E-state index contributed by atoms with van der Waals surface area (Å²) in [6, 6.07) is 15.8. The molecule has 0 saturated heterocycles. The second-order valence-electron chi connectivity index (χ2n) is 7.90. The average Bonchev–Trinajstić information content (AvgIpc) is 3.24. The fourth-order valence-electron chi connectivity index (χ4n) is 3.92. The minimum absolute atomic E-state index is 0.0170. The molecular formula is C23H25N5O3S. The van der Waals surface area contributed by atoms with E-state index in [1.54, 1.807) is 0 Å². The maximum atomic E-state index is 12.8. The van der Waals surface area contributed by atoms with Gasteiger partial charge in [0.15, 0.2) is 5.16 Å². The zero-order valence-corrected chi connectivity index (χ0v) is 18.6. The first-order valence-corrected chi connectivity index (χ1v) is 11.6. The van der Waals surface area contributed by atoms with E-state index < -0.39 is 10.2 Å². The van der Waals surface area contributed by atoms with Crippen LogP contribution in [0.25, 0.3) is 5.69 Å². The number of hydrogen-bond donors (Lipinski definition) is 1. The van der Waals surface area contributed by atoms with E-state index in [4.69, 9.17) is 0 Å². The predicted molar refractivity (Wildman–Crippen MR) is 124 cm³/mol. The number of nitrogens with zero attached hydrogens (tertiary/aromatic N) is 4. The summed E-state index contributed by atoms with van der Waals surface area (Å²) in [4.78, 5) is 23.1. The summed E-state index contributed by atoms with van der Waals surface area (Å²) in [5.41, 5.74) is 1.49. The highest BCUT2D eigenvalue weighted by atomic mass is 32.2. The molecule has 1 N–H and O–H groups in total. The summed E-state index contributed by atoms with van der Waals surface area (Å²) in [5.74, 6) is 1.13. The fourth-order valence-corrected chi connectivity index (χ4v) is 4.80. The van der Waals surface area contributed by atoms with E-state index in [9.17, 15) is 14.9 Å². The van der Waals surface area contributed by atoms with Gasteiger partial charge >= 0.3 is 0 Å². The molecule has 1 unspecified atom stereocenters. The number of carbonyl (C=O) groups excluding carboxylic acids is 1. The molecule has 1 amide bonds. The summed E-state index contributed by atoms with van der Waals surface area (Å²) >= 11 is 1.35. The molecule has 1 aliphatic rings. The third-order valence-corrected chi connectivity index (χ3v) is 6.68. The number of nitrogens with one attached hydrogen (secondary N) is 1. The van der Waals surface area contributed by atoms with E-state index in [0.717, 1.165) is 24.4 Å². The first-order chi connectivity index (χ1) is 15.5. The Balaban J connectivity index is 1.53. The molecule has 166 valence electrons. The van der Waals surface area contributed by atoms with Crippen LogP contribution in [0.2, 0.25) is 0 Å². The van der Waals surface area contributed by atoms with Crippen molar-refractivity contribution >= 4 is 29.0 Å². The molecule has 0 aliphatic heterocycles. The number of non-ortho nitro benzene ring substituents is 1. The van der Waals surface area contributed by atoms with Gasteiger partial charge in [-0.25, -0.2) is 0 Å². The number of aromatic nitrogens is 3. The molecule has 8 nitrogen and oxygen atoms in total. The number of nitro groups is 1. The Bertz CT molecular complexity index is 1080. The maximum Gasteiger partial charge on any atom is 0.269 e. The summed E-state index contributed by atoms with van der Waals surface area (Å²) in [7, 11) is 0. The van der Waals surface area contributed by atoms with Crippen LogP contribution in [0, 0.1) is 10.1 Å². The predicted octanol–water partition coefficient (Wildman–Crippen LogP) is 5.34. The number of amides is 1. The Morgan fingerprint density at radius 1 is 1.09 bits per heavy atom. The molecule has 3 aromatic rings. The third-order valence-electron chi connectivity index (χ3n) is 5.64. The first-order valence-electron chi connectivity index (χ1n) is 10.8. The number of thioether (sulfide) groups is 1. The Hall–Kier alpha value is -3.20. The van der Waals surface area contributed by atoms with Gasteiger partial charge in [-0.2, -0.15) is 0 Å². The fraction of sp³-hybridized carbons (Fsp3) is 0.348. The van der Waals surface area contributed by atoms with Gasteiger partial charge in [-0.3, -0.25) is 19.5 Å². The standard InChI is InChI=1S/C23H25N5O3S/c1-16(22(29)24-18-12-14-20(15-13-18)28(30)31)32-23-26-25-21(17-8-4-2-5-9-17)27(23)19-10-6-3-7-11-19/h3,6-7,10-17H,2,4-5,8-9H2,1H3,(H,24,29). The minimum atomic E-state index is -0.468. The lowest BCUT2D eigenvalue weighted by Gasteiger charge is -2.22. The van der Waals surface area contributed by atoms with E-state index in [1.165, 1.54) is 55.3 Å². The number of para-hydroxylation sites is 1. The van der Waals surface area contributed by atoms with Crippen LogP contribution in [-0.4, -0.2) is 30.8 Å². The molecule has 1 aliphatic carbocycles. The summed E-state index contributed by atoms with van der Waals surface area (Å²) < 4.78 is 2.08. The van der Waals surface area contributed by atoms with Gasteiger partial charge in [-0.15, -0.1) is 10.2 Å². The highest BCUT2D eigenvalue weighted by Crippen LogP contribution is 2.35. The smallest absolute Gasteiger partial charge is 0.269 e. The molecule has 1 aromatic heterocycles. The Morgan fingerprint density at radius 2 is 1.78 bits per heavy atom. The first kappa shape index (κ1) is 22.0. The van der Waals surface area contributed by atoms with Crippen LogP contribution in [0.3, 0.4) is 0 Å². The van der Waals surface area contributed by atoms with E-state index in [0.29, 0.717) is 16.8 Å². The van der Waals surface area contributed by atoms with Gasteiger partial charge in [0.05, 0.1) is 10.2 Å². The molecule has 1 fully saturated rings. The van der Waals surface area contributed by atoms with Crippen molar-refractivity contribution in [2.75, 3.05) is 5.32 Å². The number of rotatable bonds is 7. The Kier molecular flexibility index (Phi) is 6.84. The van der Waals surface area contributed by atoms with Crippen LogP contribution in [0.5, 0.6) is 0 Å². The van der Waals surface area contributed by atoms with Crippen molar-refractivity contribution < 1.29 is 9.72 Å². The van der Waals surface area contributed by atoms with Gasteiger partial charge < -0.3 is 5.32 Å². The maximum absolute atomic E-state index is 12.8. The van der Waals surface area contributed by atoms with Crippen molar-refractivity contribution in [1.82, 2.24) is 14.8 Å². The molecular weight excluding hydrogens is 426 g/mol. The zero-order chi connectivity index (χ0) is 22.5. The molecule has 0 bridgehead atoms. The molecule has 9 heteroatoms. The van der Waals surface area contributed by atoms with Gasteiger partial charge in [0.2, 0.25) is 5.91 Å². The van der Waals surface area contributed by atoms with Crippen LogP contribution in [-0.2, 0) is 4.79 Å². The average molecular weight is 452 g/mol. The number of hydrogen-bond acceptors (Lipinski definition) is 6. The molecule has 1 saturated carbocycles. The minimum Gasteiger partial charge on any atom is -0.325 e. The Morgan fingerprint density at radius 3 is 2.44 bits per heavy atom. The quantitative estimate of drug-likeness (QED) is 0.295. The monoisotopic (exact) mass is 451 g/mol. The second-order valence-corrected chi connectivity index (χ2v) is 9.21. The topological polar surface area (TPSA) is 103 Å². The number of nitro benzene ring substituents is 1. The van der Waals surface area contributed by atoms with Crippen molar-refractivity contribution in [2.45, 2.75) is 55.4 Å². The van der Waals surface area contributed by atoms with E-state index in [-0.39, 0.29) is 11.6 Å². The molecule has 32 heavy (non-hydrogen) atoms.